The van der Waals surface area contributed by atoms with Crippen LogP contribution in [0.4, 0.5) is 5.69 Å². The number of rotatable bonds is 6. The van der Waals surface area contributed by atoms with Gasteiger partial charge in [-0.15, -0.1) is 0 Å². The maximum Gasteiger partial charge on any atom is 0.325 e. The summed E-state index contributed by atoms with van der Waals surface area (Å²) in [4.78, 5) is 33.3. The molecule has 0 aliphatic carbocycles. The summed E-state index contributed by atoms with van der Waals surface area (Å²) in [7, 11) is 1.29. The molecule has 0 radical (unpaired) electrons. The molecule has 0 aromatic heterocycles. The van der Waals surface area contributed by atoms with Gasteiger partial charge in [0, 0.05) is 6.07 Å². The summed E-state index contributed by atoms with van der Waals surface area (Å²) in [5, 5.41) is 13.2. The van der Waals surface area contributed by atoms with Gasteiger partial charge in [-0.05, 0) is 13.0 Å². The van der Waals surface area contributed by atoms with E-state index >= 15 is 0 Å². The van der Waals surface area contributed by atoms with Crippen LogP contribution in [0.2, 0.25) is 0 Å². The fourth-order valence-corrected chi connectivity index (χ4v) is 1.52. The summed E-state index contributed by atoms with van der Waals surface area (Å²) in [5.41, 5.74) is -0.630. The van der Waals surface area contributed by atoms with E-state index in [-0.39, 0.29) is 24.5 Å². The normalized spacial score (nSPS) is 9.70. The third-order valence-electron chi connectivity index (χ3n) is 2.35. The van der Waals surface area contributed by atoms with Gasteiger partial charge in [-0.1, -0.05) is 6.07 Å². The lowest BCUT2D eigenvalue weighted by atomic mass is 10.1. The van der Waals surface area contributed by atoms with Crippen molar-refractivity contribution in [3.63, 3.8) is 0 Å². The Morgan fingerprint density at radius 1 is 1.40 bits per heavy atom. The summed E-state index contributed by atoms with van der Waals surface area (Å²) in [6.07, 6.45) is 0. The van der Waals surface area contributed by atoms with Crippen LogP contribution in [0.3, 0.4) is 0 Å². The monoisotopic (exact) mass is 282 g/mol. The Bertz CT molecular complexity index is 529. The Morgan fingerprint density at radius 3 is 2.65 bits per heavy atom. The van der Waals surface area contributed by atoms with Gasteiger partial charge in [-0.25, -0.2) is 0 Å². The van der Waals surface area contributed by atoms with E-state index in [0.717, 1.165) is 0 Å². The first-order valence-electron chi connectivity index (χ1n) is 5.76. The van der Waals surface area contributed by atoms with E-state index in [1.165, 1.54) is 25.3 Å². The summed E-state index contributed by atoms with van der Waals surface area (Å²) < 4.78 is 9.57. The molecule has 0 aliphatic rings. The van der Waals surface area contributed by atoms with Crippen molar-refractivity contribution >= 4 is 17.6 Å². The number of hydrogen-bond donors (Lipinski definition) is 1. The van der Waals surface area contributed by atoms with Crippen LogP contribution < -0.4 is 10.1 Å². The van der Waals surface area contributed by atoms with Gasteiger partial charge < -0.3 is 14.8 Å². The zero-order valence-corrected chi connectivity index (χ0v) is 11.0. The van der Waals surface area contributed by atoms with E-state index in [9.17, 15) is 19.7 Å². The number of nitrogens with zero attached hydrogens (tertiary/aromatic N) is 1. The molecule has 1 N–H and O–H groups in total. The molecule has 0 spiro atoms. The van der Waals surface area contributed by atoms with Gasteiger partial charge >= 0.3 is 5.97 Å². The maximum atomic E-state index is 12.0. The molecule has 108 valence electrons. The predicted octanol–water partition coefficient (Wildman–Crippen LogP) is 0.896. The first-order chi connectivity index (χ1) is 9.51. The van der Waals surface area contributed by atoms with Crippen molar-refractivity contribution in [1.29, 1.82) is 0 Å². The molecule has 0 saturated heterocycles. The van der Waals surface area contributed by atoms with Crippen LogP contribution in [0.5, 0.6) is 5.75 Å². The van der Waals surface area contributed by atoms with E-state index in [0.29, 0.717) is 0 Å². The average molecular weight is 282 g/mol. The number of esters is 1. The first kappa shape index (κ1) is 15.4. The van der Waals surface area contributed by atoms with Crippen LogP contribution in [-0.4, -0.2) is 37.1 Å². The minimum atomic E-state index is -0.776. The number of amides is 1. The van der Waals surface area contributed by atoms with Crippen LogP contribution >= 0.6 is 0 Å². The number of methoxy groups -OCH3 is 1. The highest BCUT2D eigenvalue weighted by Gasteiger charge is 2.25. The van der Waals surface area contributed by atoms with E-state index in [1.54, 1.807) is 6.92 Å². The van der Waals surface area contributed by atoms with Crippen LogP contribution in [0.15, 0.2) is 18.2 Å². The summed E-state index contributed by atoms with van der Waals surface area (Å²) in [6.45, 7) is 1.44. The third-order valence-corrected chi connectivity index (χ3v) is 2.35. The second kappa shape index (κ2) is 7.07. The van der Waals surface area contributed by atoms with Crippen molar-refractivity contribution in [2.24, 2.45) is 0 Å². The number of benzene rings is 1. The Hall–Kier alpha value is -2.64. The minimum Gasteiger partial charge on any atom is -0.496 e. The summed E-state index contributed by atoms with van der Waals surface area (Å²) >= 11 is 0. The Balaban J connectivity index is 2.96. The van der Waals surface area contributed by atoms with Crippen molar-refractivity contribution in [2.75, 3.05) is 20.3 Å². The zero-order valence-electron chi connectivity index (χ0n) is 11.0. The molecule has 0 heterocycles. The molecule has 0 bridgehead atoms. The Morgan fingerprint density at radius 2 is 2.10 bits per heavy atom. The number of nitro groups is 1. The van der Waals surface area contributed by atoms with Gasteiger partial charge in [0.15, 0.2) is 5.56 Å². The fraction of sp³-hybridized carbons (Fsp3) is 0.333. The lowest BCUT2D eigenvalue weighted by Crippen LogP contribution is -2.31. The lowest BCUT2D eigenvalue weighted by Gasteiger charge is -2.09. The van der Waals surface area contributed by atoms with Gasteiger partial charge in [-0.3, -0.25) is 19.7 Å². The number of ether oxygens (including phenoxy) is 2. The number of nitrogens with one attached hydrogen (secondary N) is 1. The predicted molar refractivity (Wildman–Crippen MR) is 68.6 cm³/mol. The third kappa shape index (κ3) is 3.67. The van der Waals surface area contributed by atoms with Crippen LogP contribution in [0.25, 0.3) is 0 Å². The van der Waals surface area contributed by atoms with Crippen molar-refractivity contribution < 1.29 is 24.0 Å². The number of carbonyl (C=O) groups excluding carboxylic acids is 2. The lowest BCUT2D eigenvalue weighted by molar-refractivity contribution is -0.385. The maximum absolute atomic E-state index is 12.0. The Kier molecular flexibility index (Phi) is 5.45. The molecule has 1 rings (SSSR count). The molecule has 0 atom stereocenters. The molecule has 0 saturated carbocycles. The van der Waals surface area contributed by atoms with Crippen molar-refractivity contribution in [2.45, 2.75) is 6.92 Å². The quantitative estimate of drug-likeness (QED) is 0.471. The molecule has 8 heteroatoms. The van der Waals surface area contributed by atoms with Gasteiger partial charge in [0.25, 0.3) is 11.6 Å². The Labute approximate surface area is 114 Å². The second-order valence-corrected chi connectivity index (χ2v) is 3.60. The molecule has 20 heavy (non-hydrogen) atoms. The van der Waals surface area contributed by atoms with Crippen LogP contribution in [0.1, 0.15) is 17.3 Å². The molecule has 8 nitrogen and oxygen atoms in total. The molecule has 1 aromatic carbocycles. The highest BCUT2D eigenvalue weighted by molar-refractivity contribution is 6.02. The smallest absolute Gasteiger partial charge is 0.325 e. The highest BCUT2D eigenvalue weighted by Crippen LogP contribution is 2.27. The molecule has 1 amide bonds. The van der Waals surface area contributed by atoms with Gasteiger partial charge in [0.2, 0.25) is 0 Å². The topological polar surface area (TPSA) is 108 Å². The molecular weight excluding hydrogens is 268 g/mol. The number of hydrogen-bond acceptors (Lipinski definition) is 6. The van der Waals surface area contributed by atoms with Crippen LogP contribution in [-0.2, 0) is 9.53 Å². The largest absolute Gasteiger partial charge is 0.496 e. The van der Waals surface area contributed by atoms with Crippen LogP contribution in [0, 0.1) is 10.1 Å². The van der Waals surface area contributed by atoms with E-state index in [1.807, 2.05) is 0 Å². The van der Waals surface area contributed by atoms with Gasteiger partial charge in [0.05, 0.1) is 18.6 Å². The second-order valence-electron chi connectivity index (χ2n) is 3.60. The molecule has 0 unspecified atom stereocenters. The molecular formula is C12H14N2O6. The average Bonchev–Trinajstić information content (AvgIpc) is 2.44. The van der Waals surface area contributed by atoms with Crippen molar-refractivity contribution in [3.05, 3.63) is 33.9 Å². The summed E-state index contributed by atoms with van der Waals surface area (Å²) in [5.74, 6) is -1.35. The van der Waals surface area contributed by atoms with Gasteiger partial charge in [0.1, 0.15) is 12.3 Å². The minimum absolute atomic E-state index is 0.0561. The van der Waals surface area contributed by atoms with Crippen molar-refractivity contribution in [1.82, 2.24) is 5.32 Å². The van der Waals surface area contributed by atoms with E-state index < -0.39 is 22.5 Å². The molecule has 0 aliphatic heterocycles. The van der Waals surface area contributed by atoms with Crippen molar-refractivity contribution in [3.8, 4) is 5.75 Å². The zero-order chi connectivity index (χ0) is 15.1. The fourth-order valence-electron chi connectivity index (χ4n) is 1.52. The molecule has 1 aromatic rings. The molecule has 0 fully saturated rings. The van der Waals surface area contributed by atoms with E-state index in [4.69, 9.17) is 4.74 Å². The SMILES string of the molecule is CCOC(=O)CNC(=O)c1c(OC)cccc1[N+](=O)[O-]. The first-order valence-corrected chi connectivity index (χ1v) is 5.76. The summed E-state index contributed by atoms with van der Waals surface area (Å²) in [6, 6.07) is 4.01. The standard InChI is InChI=1S/C12H14N2O6/c1-3-20-10(15)7-13-12(16)11-8(14(17)18)5-4-6-9(11)19-2/h4-6H,3,7H2,1-2H3,(H,13,16). The highest BCUT2D eigenvalue weighted by atomic mass is 16.6. The van der Waals surface area contributed by atoms with E-state index in [2.05, 4.69) is 10.1 Å². The number of nitro benzene ring substituents is 1. The van der Waals surface area contributed by atoms with Gasteiger partial charge in [-0.2, -0.15) is 0 Å². The number of carbonyl (C=O) groups is 2.